The molecule has 1 aliphatic heterocycles. The molecule has 1 saturated heterocycles. The zero-order valence-electron chi connectivity index (χ0n) is 13.9. The number of phenols is 1. The van der Waals surface area contributed by atoms with Crippen LogP contribution in [0.3, 0.4) is 0 Å². The van der Waals surface area contributed by atoms with Crippen molar-refractivity contribution in [2.45, 2.75) is 19.4 Å². The fourth-order valence-electron chi connectivity index (χ4n) is 3.45. The Morgan fingerprint density at radius 1 is 1.28 bits per heavy atom. The highest BCUT2D eigenvalue weighted by molar-refractivity contribution is 6.31. The van der Waals surface area contributed by atoms with Crippen LogP contribution < -0.4 is 0 Å². The molecule has 3 aromatic rings. The molecule has 1 amide bonds. The Bertz CT molecular complexity index is 975. The van der Waals surface area contributed by atoms with Crippen molar-refractivity contribution in [3.8, 4) is 17.0 Å². The van der Waals surface area contributed by atoms with E-state index in [0.29, 0.717) is 21.9 Å². The molecule has 2 aromatic heterocycles. The zero-order valence-corrected chi connectivity index (χ0v) is 14.7. The second kappa shape index (κ2) is 5.74. The molecule has 3 heterocycles. The number of nitrogens with zero attached hydrogens (tertiary/aromatic N) is 4. The lowest BCUT2D eigenvalue weighted by Crippen LogP contribution is -2.24. The molecule has 0 aliphatic carbocycles. The van der Waals surface area contributed by atoms with Crippen molar-refractivity contribution >= 4 is 28.5 Å². The van der Waals surface area contributed by atoms with E-state index in [0.717, 1.165) is 23.9 Å². The molecule has 0 radical (unpaired) electrons. The first-order valence-corrected chi connectivity index (χ1v) is 8.42. The van der Waals surface area contributed by atoms with E-state index in [9.17, 15) is 9.90 Å². The smallest absolute Gasteiger partial charge is 0.245 e. The number of amides is 1. The predicted octanol–water partition coefficient (Wildman–Crippen LogP) is 3.17. The van der Waals surface area contributed by atoms with E-state index in [-0.39, 0.29) is 17.7 Å². The molecule has 1 N–H and O–H groups in total. The van der Waals surface area contributed by atoms with Crippen LogP contribution in [0.1, 0.15) is 18.0 Å². The number of aryl methyl sites for hydroxylation is 1. The Morgan fingerprint density at radius 3 is 2.76 bits per heavy atom. The zero-order chi connectivity index (χ0) is 17.7. The van der Waals surface area contributed by atoms with Gasteiger partial charge in [-0.25, -0.2) is 0 Å². The summed E-state index contributed by atoms with van der Waals surface area (Å²) in [5, 5.41) is 20.2. The van der Waals surface area contributed by atoms with Crippen molar-refractivity contribution in [1.29, 1.82) is 0 Å². The van der Waals surface area contributed by atoms with Gasteiger partial charge in [0.25, 0.3) is 0 Å². The molecule has 0 bridgehead atoms. The lowest BCUT2D eigenvalue weighted by atomic mass is 10.0. The van der Waals surface area contributed by atoms with Crippen LogP contribution >= 0.6 is 11.6 Å². The second-order valence-electron chi connectivity index (χ2n) is 6.41. The third-order valence-electron chi connectivity index (χ3n) is 4.73. The fraction of sp³-hybridized carbons (Fsp3) is 0.278. The summed E-state index contributed by atoms with van der Waals surface area (Å²) < 4.78 is 1.88. The highest BCUT2D eigenvalue weighted by Crippen LogP contribution is 2.35. The molecule has 25 heavy (non-hydrogen) atoms. The molecule has 4 rings (SSSR count). The van der Waals surface area contributed by atoms with Crippen LogP contribution in [0.2, 0.25) is 5.02 Å². The number of likely N-dealkylation sites (tertiary alicyclic amines) is 1. The number of rotatable bonds is 2. The molecule has 6 nitrogen and oxygen atoms in total. The van der Waals surface area contributed by atoms with E-state index in [2.05, 4.69) is 10.2 Å². The molecule has 1 atom stereocenters. The number of phenolic OH excluding ortho intramolecular Hbond substituents is 1. The van der Waals surface area contributed by atoms with Crippen LogP contribution in [0.25, 0.3) is 22.3 Å². The molecular formula is C18H17ClN4O2. The van der Waals surface area contributed by atoms with Crippen LogP contribution in [0.4, 0.5) is 0 Å². The van der Waals surface area contributed by atoms with E-state index < -0.39 is 0 Å². The minimum atomic E-state index is -0.228. The average molecular weight is 357 g/mol. The monoisotopic (exact) mass is 356 g/mol. The molecule has 0 spiro atoms. The molecule has 1 fully saturated rings. The van der Waals surface area contributed by atoms with Gasteiger partial charge in [-0.05, 0) is 43.2 Å². The van der Waals surface area contributed by atoms with Gasteiger partial charge in [-0.15, -0.1) is 10.2 Å². The summed E-state index contributed by atoms with van der Waals surface area (Å²) in [6, 6.07) is 6.84. The highest BCUT2D eigenvalue weighted by Gasteiger charge is 2.31. The number of hydrogen-bond donors (Lipinski definition) is 1. The third kappa shape index (κ3) is 2.53. The van der Waals surface area contributed by atoms with Crippen LogP contribution in [0, 0.1) is 6.92 Å². The number of hydrogen-bond acceptors (Lipinski definition) is 4. The summed E-state index contributed by atoms with van der Waals surface area (Å²) in [5.41, 5.74) is 2.68. The summed E-state index contributed by atoms with van der Waals surface area (Å²) in [5.74, 6) is 0.167. The summed E-state index contributed by atoms with van der Waals surface area (Å²) in [6.45, 7) is 2.61. The lowest BCUT2D eigenvalue weighted by Gasteiger charge is -2.13. The molecule has 0 saturated carbocycles. The highest BCUT2D eigenvalue weighted by atomic mass is 35.5. The molecule has 0 unspecified atom stereocenters. The fourth-order valence-corrected chi connectivity index (χ4v) is 3.72. The van der Waals surface area contributed by atoms with E-state index in [1.807, 2.05) is 36.9 Å². The topological polar surface area (TPSA) is 71.2 Å². The molecular weight excluding hydrogens is 340 g/mol. The predicted molar refractivity (Wildman–Crippen MR) is 95.7 cm³/mol. The van der Waals surface area contributed by atoms with Gasteiger partial charge in [0, 0.05) is 35.8 Å². The lowest BCUT2D eigenvalue weighted by molar-refractivity contribution is -0.129. The number of aromatic nitrogens is 3. The van der Waals surface area contributed by atoms with Gasteiger partial charge in [-0.2, -0.15) is 0 Å². The van der Waals surface area contributed by atoms with Gasteiger partial charge in [-0.1, -0.05) is 11.6 Å². The van der Waals surface area contributed by atoms with Crippen molar-refractivity contribution < 1.29 is 9.90 Å². The van der Waals surface area contributed by atoms with Crippen molar-refractivity contribution in [3.05, 3.63) is 41.0 Å². The van der Waals surface area contributed by atoms with E-state index in [1.54, 1.807) is 11.0 Å². The van der Waals surface area contributed by atoms with E-state index >= 15 is 0 Å². The summed E-state index contributed by atoms with van der Waals surface area (Å²) >= 11 is 5.97. The molecule has 7 heteroatoms. The number of aromatic hydroxyl groups is 1. The average Bonchev–Trinajstić information content (AvgIpc) is 3.10. The van der Waals surface area contributed by atoms with Crippen LogP contribution in [0.15, 0.2) is 30.5 Å². The Kier molecular flexibility index (Phi) is 3.65. The normalized spacial score (nSPS) is 17.6. The number of carbonyl (C=O) groups is 1. The van der Waals surface area contributed by atoms with Crippen LogP contribution in [-0.2, 0) is 4.79 Å². The maximum absolute atomic E-state index is 12.3. The number of carbonyl (C=O) groups excluding carboxylic acids is 1. The van der Waals surface area contributed by atoms with Gasteiger partial charge in [0.15, 0.2) is 5.65 Å². The van der Waals surface area contributed by atoms with Gasteiger partial charge in [0.1, 0.15) is 11.8 Å². The number of benzene rings is 1. The quantitative estimate of drug-likeness (QED) is 0.765. The Balaban J connectivity index is 1.80. The number of fused-ring (bicyclic) bond motifs is 1. The Labute approximate surface area is 149 Å². The number of likely N-dealkylation sites (N-methyl/N-ethyl adjacent to an activating group) is 1. The molecule has 128 valence electrons. The maximum Gasteiger partial charge on any atom is 0.245 e. The van der Waals surface area contributed by atoms with Gasteiger partial charge < -0.3 is 14.6 Å². The minimum Gasteiger partial charge on any atom is -0.507 e. The standard InChI is InChI=1S/C18H17ClN4O2/c1-10-7-12(19)9-15(24)16(10)13-8-11-3-6-23(17(11)21-20-13)14-4-5-22(2)18(14)25/h3,6-9,14,24H,4-5H2,1-2H3/t14-/m1/s1. The first kappa shape index (κ1) is 15.9. The SMILES string of the molecule is Cc1cc(Cl)cc(O)c1-c1cc2ccn([C@@H]3CCN(C)C3=O)c2nn1. The molecule has 1 aromatic carbocycles. The summed E-state index contributed by atoms with van der Waals surface area (Å²) in [7, 11) is 1.81. The summed E-state index contributed by atoms with van der Waals surface area (Å²) in [6.07, 6.45) is 2.64. The van der Waals surface area contributed by atoms with Gasteiger partial charge in [0.2, 0.25) is 5.91 Å². The van der Waals surface area contributed by atoms with Crippen molar-refractivity contribution in [1.82, 2.24) is 19.7 Å². The minimum absolute atomic E-state index is 0.0747. The van der Waals surface area contributed by atoms with Crippen LogP contribution in [0.5, 0.6) is 5.75 Å². The van der Waals surface area contributed by atoms with Crippen molar-refractivity contribution in [2.75, 3.05) is 13.6 Å². The van der Waals surface area contributed by atoms with E-state index in [1.165, 1.54) is 6.07 Å². The van der Waals surface area contributed by atoms with Crippen molar-refractivity contribution in [2.24, 2.45) is 0 Å². The number of halogens is 1. The van der Waals surface area contributed by atoms with Gasteiger partial charge >= 0.3 is 0 Å². The van der Waals surface area contributed by atoms with Gasteiger partial charge in [0.05, 0.1) is 5.69 Å². The van der Waals surface area contributed by atoms with E-state index in [4.69, 9.17) is 11.6 Å². The second-order valence-corrected chi connectivity index (χ2v) is 6.85. The van der Waals surface area contributed by atoms with Crippen LogP contribution in [-0.4, -0.2) is 44.3 Å². The Hall–Kier alpha value is -2.60. The first-order chi connectivity index (χ1) is 12.0. The maximum atomic E-state index is 12.3. The van der Waals surface area contributed by atoms with Gasteiger partial charge in [-0.3, -0.25) is 4.79 Å². The van der Waals surface area contributed by atoms with Crippen molar-refractivity contribution in [3.63, 3.8) is 0 Å². The molecule has 1 aliphatic rings. The Morgan fingerprint density at radius 2 is 2.08 bits per heavy atom. The largest absolute Gasteiger partial charge is 0.507 e. The summed E-state index contributed by atoms with van der Waals surface area (Å²) in [4.78, 5) is 14.0. The third-order valence-corrected chi connectivity index (χ3v) is 4.95. The first-order valence-electron chi connectivity index (χ1n) is 8.04.